The number of aromatic nitrogens is 2. The Bertz CT molecular complexity index is 1930. The number of nitrogens with zero attached hydrogens (tertiary/aromatic N) is 4. The van der Waals surface area contributed by atoms with Crippen LogP contribution >= 0.6 is 24.0 Å². The minimum absolute atomic E-state index is 0.186. The number of benzene rings is 3. The van der Waals surface area contributed by atoms with Crippen molar-refractivity contribution in [2.45, 2.75) is 31.1 Å². The molecule has 2 fully saturated rings. The van der Waals surface area contributed by atoms with Crippen molar-refractivity contribution in [1.29, 1.82) is 0 Å². The zero-order chi connectivity index (χ0) is 33.1. The fourth-order valence-corrected chi connectivity index (χ4v) is 8.54. The highest BCUT2D eigenvalue weighted by molar-refractivity contribution is 8.26. The first-order valence-corrected chi connectivity index (χ1v) is 18.1. The predicted molar refractivity (Wildman–Crippen MR) is 189 cm³/mol. The van der Waals surface area contributed by atoms with Gasteiger partial charge in [-0.25, -0.2) is 13.1 Å². The molecule has 12 heteroatoms. The summed E-state index contributed by atoms with van der Waals surface area (Å²) in [5.74, 6) is 1.59. The molecule has 1 aromatic heterocycles. The van der Waals surface area contributed by atoms with E-state index in [9.17, 15) is 13.2 Å². The lowest BCUT2D eigenvalue weighted by molar-refractivity contribution is -0.122. The maximum atomic E-state index is 13.7. The second-order valence-electron chi connectivity index (χ2n) is 11.6. The van der Waals surface area contributed by atoms with Gasteiger partial charge in [-0.1, -0.05) is 67.3 Å². The van der Waals surface area contributed by atoms with E-state index in [0.29, 0.717) is 69.5 Å². The lowest BCUT2D eigenvalue weighted by Crippen LogP contribution is -2.37. The molecule has 2 aliphatic rings. The van der Waals surface area contributed by atoms with Gasteiger partial charge in [-0.05, 0) is 73.2 Å². The van der Waals surface area contributed by atoms with Gasteiger partial charge in [0.2, 0.25) is 10.0 Å². The Kier molecular flexibility index (Phi) is 9.83. The number of amides is 1. The molecule has 0 unspecified atom stereocenters. The van der Waals surface area contributed by atoms with E-state index in [1.807, 2.05) is 60.8 Å². The van der Waals surface area contributed by atoms with Crippen LogP contribution in [0.5, 0.6) is 11.5 Å². The maximum absolute atomic E-state index is 13.7. The molecule has 2 saturated heterocycles. The normalized spacial score (nSPS) is 17.1. The van der Waals surface area contributed by atoms with E-state index < -0.39 is 10.0 Å². The molecule has 1 amide bonds. The van der Waals surface area contributed by atoms with Crippen LogP contribution in [0.15, 0.2) is 88.8 Å². The fraction of sp³-hybridized carbons (Fsp3) is 0.286. The van der Waals surface area contributed by atoms with Crippen LogP contribution in [0.25, 0.3) is 23.0 Å². The molecule has 2 aliphatic heterocycles. The van der Waals surface area contributed by atoms with Crippen molar-refractivity contribution < 1.29 is 22.7 Å². The summed E-state index contributed by atoms with van der Waals surface area (Å²) >= 11 is 6.89. The Morgan fingerprint density at radius 1 is 0.979 bits per heavy atom. The first kappa shape index (κ1) is 33.0. The molecule has 0 aliphatic carbocycles. The van der Waals surface area contributed by atoms with Gasteiger partial charge in [-0.15, -0.1) is 0 Å². The number of hydrogen-bond donors (Lipinski definition) is 0. The second-order valence-corrected chi connectivity index (χ2v) is 15.2. The highest BCUT2D eigenvalue weighted by atomic mass is 32.2. The van der Waals surface area contributed by atoms with Crippen LogP contribution < -0.4 is 9.47 Å². The average Bonchev–Trinajstić information content (AvgIpc) is 3.63. The molecule has 0 saturated carbocycles. The van der Waals surface area contributed by atoms with Gasteiger partial charge in [0.1, 0.15) is 10.0 Å². The molecular formula is C35H36N4O5S3. The minimum Gasteiger partial charge on any atom is -0.493 e. The number of rotatable bonds is 10. The summed E-state index contributed by atoms with van der Waals surface area (Å²) in [5, 5.41) is 4.88. The molecule has 244 valence electrons. The van der Waals surface area contributed by atoms with E-state index in [1.54, 1.807) is 52.4 Å². The number of para-hydroxylation sites is 1. The van der Waals surface area contributed by atoms with Gasteiger partial charge >= 0.3 is 0 Å². The molecule has 0 radical (unpaired) electrons. The average molecular weight is 689 g/mol. The second kappa shape index (κ2) is 14.0. The van der Waals surface area contributed by atoms with Gasteiger partial charge in [0.05, 0.1) is 29.7 Å². The zero-order valence-corrected chi connectivity index (χ0v) is 28.9. The number of thiocarbonyl (C=S) groups is 1. The van der Waals surface area contributed by atoms with Crippen molar-refractivity contribution in [3.05, 3.63) is 95.0 Å². The Labute approximate surface area is 285 Å². The van der Waals surface area contributed by atoms with Crippen LogP contribution in [0.4, 0.5) is 0 Å². The lowest BCUT2D eigenvalue weighted by atomic mass is 10.0. The van der Waals surface area contributed by atoms with E-state index in [1.165, 1.54) is 11.8 Å². The van der Waals surface area contributed by atoms with Crippen molar-refractivity contribution in [1.82, 2.24) is 19.0 Å². The number of sulfonamides is 1. The summed E-state index contributed by atoms with van der Waals surface area (Å²) < 4.78 is 41.8. The zero-order valence-electron chi connectivity index (χ0n) is 26.5. The monoisotopic (exact) mass is 688 g/mol. The van der Waals surface area contributed by atoms with Crippen LogP contribution in [0.2, 0.25) is 0 Å². The highest BCUT2D eigenvalue weighted by Gasteiger charge is 2.33. The summed E-state index contributed by atoms with van der Waals surface area (Å²) in [7, 11) is -0.490. The standard InChI is InChI=1S/C35H36N4O5S3/c1-24-14-17-37(18-15-24)47(41,42)29-11-7-8-26(21-29)33-27(23-39(36-33)28-9-5-4-6-10-28)22-32-34(40)38(35(45)46-32)19-16-25-12-13-30(43-2)31(20-25)44-3/h4-13,20-24H,14-19H2,1-3H3. The molecule has 4 aromatic rings. The fourth-order valence-electron chi connectivity index (χ4n) is 5.72. The van der Waals surface area contributed by atoms with Gasteiger partial charge < -0.3 is 9.47 Å². The van der Waals surface area contributed by atoms with Crippen molar-refractivity contribution in [2.24, 2.45) is 5.92 Å². The molecule has 47 heavy (non-hydrogen) atoms. The molecule has 3 aromatic carbocycles. The number of carbonyl (C=O) groups excluding carboxylic acids is 1. The van der Waals surface area contributed by atoms with E-state index in [-0.39, 0.29) is 10.8 Å². The maximum Gasteiger partial charge on any atom is 0.266 e. The molecule has 6 rings (SSSR count). The lowest BCUT2D eigenvalue weighted by Gasteiger charge is -2.29. The number of methoxy groups -OCH3 is 2. The van der Waals surface area contributed by atoms with E-state index >= 15 is 0 Å². The molecule has 3 heterocycles. The summed E-state index contributed by atoms with van der Waals surface area (Å²) in [6, 6.07) is 22.2. The SMILES string of the molecule is COc1ccc(CCN2C(=O)C(=Cc3cn(-c4ccccc4)nc3-c3cccc(S(=O)(=O)N4CCC(C)CC4)c3)SC2=S)cc1OC. The number of thioether (sulfide) groups is 1. The number of ether oxygens (including phenoxy) is 2. The Morgan fingerprint density at radius 2 is 1.72 bits per heavy atom. The molecule has 9 nitrogen and oxygen atoms in total. The predicted octanol–water partition coefficient (Wildman–Crippen LogP) is 6.42. The largest absolute Gasteiger partial charge is 0.493 e. The van der Waals surface area contributed by atoms with E-state index in [2.05, 4.69) is 6.92 Å². The van der Waals surface area contributed by atoms with Crippen molar-refractivity contribution >= 4 is 50.3 Å². The van der Waals surface area contributed by atoms with E-state index in [4.69, 9.17) is 26.8 Å². The summed E-state index contributed by atoms with van der Waals surface area (Å²) in [6.07, 6.45) is 5.92. The summed E-state index contributed by atoms with van der Waals surface area (Å²) in [5.41, 5.74) is 3.70. The van der Waals surface area contributed by atoms with Crippen molar-refractivity contribution in [2.75, 3.05) is 33.9 Å². The molecule has 0 atom stereocenters. The number of carbonyl (C=O) groups is 1. The quantitative estimate of drug-likeness (QED) is 0.139. The topological polar surface area (TPSA) is 94.0 Å². The Balaban J connectivity index is 1.31. The van der Waals surface area contributed by atoms with Crippen LogP contribution in [-0.2, 0) is 21.2 Å². The van der Waals surface area contributed by atoms with Gasteiger partial charge in [-0.2, -0.15) is 9.40 Å². The van der Waals surface area contributed by atoms with Gasteiger partial charge in [-0.3, -0.25) is 9.69 Å². The number of piperidine rings is 1. The van der Waals surface area contributed by atoms with Crippen LogP contribution in [0.3, 0.4) is 0 Å². The van der Waals surface area contributed by atoms with Gasteiger partial charge in [0, 0.05) is 37.0 Å². The summed E-state index contributed by atoms with van der Waals surface area (Å²) in [4.78, 5) is 16.0. The Morgan fingerprint density at radius 3 is 2.45 bits per heavy atom. The third kappa shape index (κ3) is 7.01. The molecular weight excluding hydrogens is 653 g/mol. The van der Waals surface area contributed by atoms with Crippen LogP contribution in [-0.4, -0.2) is 71.5 Å². The third-order valence-corrected chi connectivity index (χ3v) is 11.8. The molecule has 0 N–H and O–H groups in total. The number of hydrogen-bond acceptors (Lipinski definition) is 8. The first-order valence-electron chi connectivity index (χ1n) is 15.4. The van der Waals surface area contributed by atoms with Crippen molar-refractivity contribution in [3.63, 3.8) is 0 Å². The minimum atomic E-state index is -3.67. The Hall–Kier alpha value is -3.97. The summed E-state index contributed by atoms with van der Waals surface area (Å²) in [6.45, 7) is 3.58. The van der Waals surface area contributed by atoms with Crippen molar-refractivity contribution in [3.8, 4) is 28.4 Å². The molecule has 0 spiro atoms. The highest BCUT2D eigenvalue weighted by Crippen LogP contribution is 2.36. The van der Waals surface area contributed by atoms with E-state index in [0.717, 1.165) is 24.1 Å². The third-order valence-electron chi connectivity index (χ3n) is 8.48. The molecule has 0 bridgehead atoms. The van der Waals surface area contributed by atoms with Crippen LogP contribution in [0.1, 0.15) is 30.9 Å². The first-order chi connectivity index (χ1) is 22.7. The van der Waals surface area contributed by atoms with Crippen LogP contribution in [0, 0.1) is 5.92 Å². The smallest absolute Gasteiger partial charge is 0.266 e. The van der Waals surface area contributed by atoms with Gasteiger partial charge in [0.25, 0.3) is 5.91 Å². The van der Waals surface area contributed by atoms with Gasteiger partial charge in [0.15, 0.2) is 11.5 Å².